The molecule has 6 nitrogen and oxygen atoms in total. The number of likely N-dealkylation sites (tertiary alicyclic amines) is 1. The molecule has 170 valence electrons. The van der Waals surface area contributed by atoms with Gasteiger partial charge in [0.25, 0.3) is 5.22 Å². The maximum absolute atomic E-state index is 12.6. The molecule has 1 amide bonds. The Balaban J connectivity index is 1.05. The summed E-state index contributed by atoms with van der Waals surface area (Å²) in [5, 5.41) is 9.77. The zero-order valence-corrected chi connectivity index (χ0v) is 20.0. The number of fused-ring (bicyclic) bond motifs is 1. The number of amides is 1. The average Bonchev–Trinajstić information content (AvgIpc) is 3.49. The summed E-state index contributed by atoms with van der Waals surface area (Å²) in [6.07, 6.45) is 4.63. The molecule has 1 fully saturated rings. The first-order valence-electron chi connectivity index (χ1n) is 11.3. The van der Waals surface area contributed by atoms with Crippen molar-refractivity contribution in [3.05, 3.63) is 71.1 Å². The van der Waals surface area contributed by atoms with Gasteiger partial charge in [-0.1, -0.05) is 54.2 Å². The molecular formula is C25H26N4O2S2. The number of aryl methyl sites for hydroxylation is 2. The van der Waals surface area contributed by atoms with Crippen molar-refractivity contribution in [2.75, 3.05) is 18.8 Å². The number of aromatic nitrogens is 3. The van der Waals surface area contributed by atoms with E-state index >= 15 is 0 Å². The lowest BCUT2D eigenvalue weighted by molar-refractivity contribution is -0.129. The van der Waals surface area contributed by atoms with Gasteiger partial charge in [0.1, 0.15) is 0 Å². The van der Waals surface area contributed by atoms with Crippen LogP contribution in [-0.4, -0.2) is 44.8 Å². The number of hydrogen-bond acceptors (Lipinski definition) is 7. The predicted molar refractivity (Wildman–Crippen MR) is 132 cm³/mol. The second kappa shape index (κ2) is 10.5. The molecule has 0 unspecified atom stereocenters. The fraction of sp³-hybridized carbons (Fsp3) is 0.360. The zero-order chi connectivity index (χ0) is 22.5. The Kier molecular flexibility index (Phi) is 7.02. The van der Waals surface area contributed by atoms with Crippen molar-refractivity contribution in [2.24, 2.45) is 5.92 Å². The van der Waals surface area contributed by atoms with Crippen LogP contribution < -0.4 is 0 Å². The van der Waals surface area contributed by atoms with Crippen LogP contribution in [0.1, 0.15) is 29.3 Å². The molecule has 4 aromatic rings. The molecule has 0 spiro atoms. The molecule has 8 heteroatoms. The molecule has 33 heavy (non-hydrogen) atoms. The first-order chi connectivity index (χ1) is 16.2. The lowest BCUT2D eigenvalue weighted by atomic mass is 9.90. The number of thioether (sulfide) groups is 1. The van der Waals surface area contributed by atoms with Crippen LogP contribution in [0.5, 0.6) is 0 Å². The van der Waals surface area contributed by atoms with E-state index in [9.17, 15) is 4.79 Å². The molecule has 0 atom stereocenters. The number of para-hydroxylation sites is 1. The molecular weight excluding hydrogens is 452 g/mol. The van der Waals surface area contributed by atoms with E-state index in [1.54, 1.807) is 11.3 Å². The van der Waals surface area contributed by atoms with Gasteiger partial charge in [-0.2, -0.15) is 0 Å². The maximum Gasteiger partial charge on any atom is 0.277 e. The molecule has 3 heterocycles. The van der Waals surface area contributed by atoms with Crippen molar-refractivity contribution in [3.8, 4) is 0 Å². The van der Waals surface area contributed by atoms with Gasteiger partial charge in [-0.25, -0.2) is 4.98 Å². The average molecular weight is 479 g/mol. The van der Waals surface area contributed by atoms with Gasteiger partial charge in [-0.15, -0.1) is 21.5 Å². The van der Waals surface area contributed by atoms with Crippen LogP contribution in [0, 0.1) is 5.92 Å². The van der Waals surface area contributed by atoms with Crippen LogP contribution in [0.2, 0.25) is 0 Å². The molecule has 2 aromatic carbocycles. The number of benzene rings is 2. The molecule has 1 aliphatic heterocycles. The van der Waals surface area contributed by atoms with Crippen LogP contribution in [-0.2, 0) is 24.1 Å². The Morgan fingerprint density at radius 3 is 2.64 bits per heavy atom. The summed E-state index contributed by atoms with van der Waals surface area (Å²) in [5.74, 6) is 1.72. The quantitative estimate of drug-likeness (QED) is 0.331. The second-order valence-corrected chi connectivity index (χ2v) is 10.4. The Morgan fingerprint density at radius 2 is 1.82 bits per heavy atom. The Labute approximate surface area is 201 Å². The molecule has 0 radical (unpaired) electrons. The minimum Gasteiger partial charge on any atom is -0.416 e. The molecule has 5 rings (SSSR count). The van der Waals surface area contributed by atoms with Crippen LogP contribution in [0.3, 0.4) is 0 Å². The predicted octanol–water partition coefficient (Wildman–Crippen LogP) is 5.04. The van der Waals surface area contributed by atoms with Crippen LogP contribution in [0.4, 0.5) is 0 Å². The highest BCUT2D eigenvalue weighted by Crippen LogP contribution is 2.25. The smallest absolute Gasteiger partial charge is 0.277 e. The summed E-state index contributed by atoms with van der Waals surface area (Å²) in [6.45, 7) is 1.66. The third kappa shape index (κ3) is 5.81. The fourth-order valence-electron chi connectivity index (χ4n) is 4.19. The van der Waals surface area contributed by atoms with Crippen LogP contribution >= 0.6 is 23.1 Å². The highest BCUT2D eigenvalue weighted by molar-refractivity contribution is 7.99. The van der Waals surface area contributed by atoms with Crippen molar-refractivity contribution in [1.29, 1.82) is 0 Å². The monoisotopic (exact) mass is 478 g/mol. The van der Waals surface area contributed by atoms with E-state index in [4.69, 9.17) is 4.42 Å². The number of nitrogens with zero attached hydrogens (tertiary/aromatic N) is 4. The SMILES string of the molecule is O=C(CSc1nnc(CCc2nc3ccccc3s2)o1)N1CCC(Cc2ccccc2)CC1. The lowest BCUT2D eigenvalue weighted by Gasteiger charge is -2.32. The molecule has 2 aromatic heterocycles. The summed E-state index contributed by atoms with van der Waals surface area (Å²) in [5.41, 5.74) is 2.41. The van der Waals surface area contributed by atoms with E-state index in [2.05, 4.69) is 51.6 Å². The van der Waals surface area contributed by atoms with Crippen molar-refractivity contribution in [1.82, 2.24) is 20.1 Å². The van der Waals surface area contributed by atoms with E-state index in [-0.39, 0.29) is 5.91 Å². The van der Waals surface area contributed by atoms with Gasteiger partial charge in [-0.05, 0) is 42.9 Å². The van der Waals surface area contributed by atoms with Crippen LogP contribution in [0.15, 0.2) is 64.2 Å². The topological polar surface area (TPSA) is 72.1 Å². The molecule has 0 saturated carbocycles. The van der Waals surface area contributed by atoms with E-state index < -0.39 is 0 Å². The van der Waals surface area contributed by atoms with Gasteiger partial charge in [0.05, 0.1) is 21.0 Å². The van der Waals surface area contributed by atoms with Crippen molar-refractivity contribution >= 4 is 39.2 Å². The number of thiazole rings is 1. The lowest BCUT2D eigenvalue weighted by Crippen LogP contribution is -2.39. The van der Waals surface area contributed by atoms with Gasteiger partial charge in [0.2, 0.25) is 11.8 Å². The minimum atomic E-state index is 0.146. The zero-order valence-electron chi connectivity index (χ0n) is 18.4. The Bertz CT molecular complexity index is 1170. The normalized spacial score (nSPS) is 14.7. The largest absolute Gasteiger partial charge is 0.416 e. The van der Waals surface area contributed by atoms with Crippen molar-refractivity contribution < 1.29 is 9.21 Å². The number of hydrogen-bond donors (Lipinski definition) is 0. The maximum atomic E-state index is 12.6. The number of rotatable bonds is 8. The second-order valence-electron chi connectivity index (χ2n) is 8.34. The summed E-state index contributed by atoms with van der Waals surface area (Å²) >= 11 is 3.02. The summed E-state index contributed by atoms with van der Waals surface area (Å²) in [6, 6.07) is 18.8. The number of carbonyl (C=O) groups excluding carboxylic acids is 1. The van der Waals surface area contributed by atoms with Gasteiger partial charge in [-0.3, -0.25) is 4.79 Å². The molecule has 0 aliphatic carbocycles. The van der Waals surface area contributed by atoms with Crippen LogP contribution in [0.25, 0.3) is 10.2 Å². The third-order valence-electron chi connectivity index (χ3n) is 5.99. The summed E-state index contributed by atoms with van der Waals surface area (Å²) in [7, 11) is 0. The van der Waals surface area contributed by atoms with E-state index in [0.29, 0.717) is 29.2 Å². The number of carbonyl (C=O) groups is 1. The fourth-order valence-corrected chi connectivity index (χ4v) is 5.84. The molecule has 1 aliphatic rings. The summed E-state index contributed by atoms with van der Waals surface area (Å²) in [4.78, 5) is 19.3. The van der Waals surface area contributed by atoms with Gasteiger partial charge in [0.15, 0.2) is 0 Å². The summed E-state index contributed by atoms with van der Waals surface area (Å²) < 4.78 is 6.94. The van der Waals surface area contributed by atoms with E-state index in [1.807, 2.05) is 23.1 Å². The van der Waals surface area contributed by atoms with Crippen molar-refractivity contribution in [3.63, 3.8) is 0 Å². The molecule has 1 saturated heterocycles. The van der Waals surface area contributed by atoms with Gasteiger partial charge in [0, 0.05) is 25.9 Å². The third-order valence-corrected chi connectivity index (χ3v) is 7.89. The van der Waals surface area contributed by atoms with Crippen molar-refractivity contribution in [2.45, 2.75) is 37.3 Å². The van der Waals surface area contributed by atoms with E-state index in [0.717, 1.165) is 49.3 Å². The Morgan fingerprint density at radius 1 is 1.03 bits per heavy atom. The van der Waals surface area contributed by atoms with E-state index in [1.165, 1.54) is 22.0 Å². The highest BCUT2D eigenvalue weighted by Gasteiger charge is 2.23. The standard InChI is InChI=1S/C25H26N4O2S2/c30-24(29-14-12-19(13-15-29)16-18-6-2-1-3-7-18)17-32-25-28-27-22(31-25)10-11-23-26-20-8-4-5-9-21(20)33-23/h1-9,19H,10-17H2. The Hall–Kier alpha value is -2.71. The highest BCUT2D eigenvalue weighted by atomic mass is 32.2. The minimum absolute atomic E-state index is 0.146. The molecule has 0 bridgehead atoms. The first-order valence-corrected chi connectivity index (χ1v) is 13.1. The first kappa shape index (κ1) is 22.1. The van der Waals surface area contributed by atoms with Gasteiger partial charge < -0.3 is 9.32 Å². The molecule has 0 N–H and O–H groups in total. The number of piperidine rings is 1. The van der Waals surface area contributed by atoms with Gasteiger partial charge >= 0.3 is 0 Å².